The van der Waals surface area contributed by atoms with Gasteiger partial charge < -0.3 is 10.3 Å². The average molecular weight is 398 g/mol. The summed E-state index contributed by atoms with van der Waals surface area (Å²) in [6.07, 6.45) is 0.770. The van der Waals surface area contributed by atoms with Crippen LogP contribution >= 0.6 is 0 Å². The van der Waals surface area contributed by atoms with Crippen LogP contribution in [0.1, 0.15) is 12.1 Å². The third-order valence-electron chi connectivity index (χ3n) is 4.37. The minimum atomic E-state index is -3.64. The summed E-state index contributed by atoms with van der Waals surface area (Å²) in [5, 5.41) is 2.72. The molecule has 3 aromatic rings. The van der Waals surface area contributed by atoms with Crippen LogP contribution in [0, 0.1) is 0 Å². The van der Waals surface area contributed by atoms with E-state index in [1.807, 2.05) is 42.5 Å². The van der Waals surface area contributed by atoms with Crippen molar-refractivity contribution in [3.8, 4) is 11.3 Å². The Bertz CT molecular complexity index is 1060. The molecule has 1 heterocycles. The van der Waals surface area contributed by atoms with Crippen LogP contribution in [0.4, 0.5) is 5.69 Å². The Morgan fingerprint density at radius 2 is 1.64 bits per heavy atom. The number of rotatable bonds is 7. The second-order valence-electron chi connectivity index (χ2n) is 6.60. The highest BCUT2D eigenvalue weighted by atomic mass is 32.2. The number of aromatic nitrogens is 1. The first-order chi connectivity index (χ1) is 13.4. The van der Waals surface area contributed by atoms with Gasteiger partial charge >= 0.3 is 0 Å². The van der Waals surface area contributed by atoms with Gasteiger partial charge in [0.15, 0.2) is 0 Å². The fourth-order valence-electron chi connectivity index (χ4n) is 2.82. The summed E-state index contributed by atoms with van der Waals surface area (Å²) >= 11 is 0. The molecule has 0 aliphatic heterocycles. The summed E-state index contributed by atoms with van der Waals surface area (Å²) in [7, 11) is -0.712. The van der Waals surface area contributed by atoms with E-state index in [2.05, 4.69) is 10.3 Å². The molecule has 28 heavy (non-hydrogen) atoms. The standard InChI is InChI=1S/C21H23N3O3S/c1-24(2)28(26,27)20-11-7-6-10-19(20)23-21(25)15-13-17-12-14-18(22-17)16-8-4-3-5-9-16/h3-12,14,22H,13,15H2,1-2H3,(H,23,25). The van der Waals surface area contributed by atoms with Gasteiger partial charge in [0.25, 0.3) is 0 Å². The van der Waals surface area contributed by atoms with Gasteiger partial charge in [0.05, 0.1) is 5.69 Å². The molecule has 2 N–H and O–H groups in total. The lowest BCUT2D eigenvalue weighted by atomic mass is 10.2. The molecule has 0 atom stereocenters. The molecule has 6 nitrogen and oxygen atoms in total. The van der Waals surface area contributed by atoms with Crippen LogP contribution in [0.2, 0.25) is 0 Å². The summed E-state index contributed by atoms with van der Waals surface area (Å²) < 4.78 is 26.0. The Morgan fingerprint density at radius 1 is 0.964 bits per heavy atom. The number of aryl methyl sites for hydroxylation is 1. The van der Waals surface area contributed by atoms with Crippen molar-refractivity contribution in [2.45, 2.75) is 17.7 Å². The molecule has 0 spiro atoms. The molecule has 3 rings (SSSR count). The van der Waals surface area contributed by atoms with E-state index >= 15 is 0 Å². The van der Waals surface area contributed by atoms with Crippen molar-refractivity contribution in [1.29, 1.82) is 0 Å². The quantitative estimate of drug-likeness (QED) is 0.640. The molecule has 0 aliphatic rings. The molecule has 0 saturated heterocycles. The predicted octanol–water partition coefficient (Wildman–Crippen LogP) is 3.50. The van der Waals surface area contributed by atoms with E-state index in [1.54, 1.807) is 18.2 Å². The topological polar surface area (TPSA) is 82.3 Å². The van der Waals surface area contributed by atoms with Gasteiger partial charge in [0.2, 0.25) is 15.9 Å². The van der Waals surface area contributed by atoms with Crippen molar-refractivity contribution in [2.24, 2.45) is 0 Å². The zero-order valence-corrected chi connectivity index (χ0v) is 16.7. The molecule has 0 fully saturated rings. The number of hydrogen-bond donors (Lipinski definition) is 2. The van der Waals surface area contributed by atoms with Crippen molar-refractivity contribution >= 4 is 21.6 Å². The number of nitrogens with one attached hydrogen (secondary N) is 2. The highest BCUT2D eigenvalue weighted by Gasteiger charge is 2.21. The van der Waals surface area contributed by atoms with Gasteiger partial charge in [-0.25, -0.2) is 12.7 Å². The van der Waals surface area contributed by atoms with Crippen LogP contribution in [0.5, 0.6) is 0 Å². The molecule has 1 aromatic heterocycles. The molecule has 0 bridgehead atoms. The van der Waals surface area contributed by atoms with E-state index < -0.39 is 10.0 Å². The lowest BCUT2D eigenvalue weighted by Gasteiger charge is -2.15. The van der Waals surface area contributed by atoms with E-state index in [-0.39, 0.29) is 22.9 Å². The van der Waals surface area contributed by atoms with Gasteiger partial charge in [-0.1, -0.05) is 42.5 Å². The molecule has 0 radical (unpaired) electrons. The van der Waals surface area contributed by atoms with Crippen LogP contribution in [-0.2, 0) is 21.2 Å². The second-order valence-corrected chi connectivity index (χ2v) is 8.72. The number of para-hydroxylation sites is 1. The molecule has 2 aromatic carbocycles. The van der Waals surface area contributed by atoms with Crippen molar-refractivity contribution in [1.82, 2.24) is 9.29 Å². The SMILES string of the molecule is CN(C)S(=O)(=O)c1ccccc1NC(=O)CCc1ccc(-c2ccccc2)[nH]1. The second kappa shape index (κ2) is 8.41. The number of carbonyl (C=O) groups excluding carboxylic acids is 1. The summed E-state index contributed by atoms with van der Waals surface area (Å²) in [5.41, 5.74) is 3.32. The maximum atomic E-state index is 12.4. The maximum absolute atomic E-state index is 12.4. The van der Waals surface area contributed by atoms with Crippen molar-refractivity contribution < 1.29 is 13.2 Å². The molecular formula is C21H23N3O3S. The Morgan fingerprint density at radius 3 is 2.36 bits per heavy atom. The number of aromatic amines is 1. The fourth-order valence-corrected chi connectivity index (χ4v) is 3.87. The third kappa shape index (κ3) is 4.49. The summed E-state index contributed by atoms with van der Waals surface area (Å²) in [5.74, 6) is -0.239. The first-order valence-electron chi connectivity index (χ1n) is 8.92. The van der Waals surface area contributed by atoms with Gasteiger partial charge in [-0.2, -0.15) is 0 Å². The molecule has 1 amide bonds. The smallest absolute Gasteiger partial charge is 0.244 e. The lowest BCUT2D eigenvalue weighted by Crippen LogP contribution is -2.24. The summed E-state index contributed by atoms with van der Waals surface area (Å²) in [6, 6.07) is 20.3. The van der Waals surface area contributed by atoms with E-state index in [4.69, 9.17) is 0 Å². The number of anilines is 1. The first kappa shape index (κ1) is 19.9. The normalized spacial score (nSPS) is 11.5. The number of sulfonamides is 1. The Kier molecular flexibility index (Phi) is 5.96. The minimum Gasteiger partial charge on any atom is -0.358 e. The number of carbonyl (C=O) groups is 1. The number of amides is 1. The maximum Gasteiger partial charge on any atom is 0.244 e. The van der Waals surface area contributed by atoms with Crippen molar-refractivity contribution in [3.63, 3.8) is 0 Å². The number of benzene rings is 2. The van der Waals surface area contributed by atoms with Crippen LogP contribution in [-0.4, -0.2) is 37.7 Å². The zero-order chi connectivity index (χ0) is 20.1. The molecule has 7 heteroatoms. The van der Waals surface area contributed by atoms with E-state index in [0.29, 0.717) is 6.42 Å². The van der Waals surface area contributed by atoms with E-state index in [0.717, 1.165) is 21.3 Å². The van der Waals surface area contributed by atoms with E-state index in [9.17, 15) is 13.2 Å². The minimum absolute atomic E-state index is 0.0830. The number of nitrogens with zero attached hydrogens (tertiary/aromatic N) is 1. The Labute approximate surface area is 165 Å². The Hall–Kier alpha value is -2.90. The first-order valence-corrected chi connectivity index (χ1v) is 10.4. The molecular weight excluding hydrogens is 374 g/mol. The number of hydrogen-bond acceptors (Lipinski definition) is 3. The fraction of sp³-hybridized carbons (Fsp3) is 0.190. The van der Waals surface area contributed by atoms with Gasteiger partial charge in [-0.05, 0) is 36.2 Å². The van der Waals surface area contributed by atoms with Gasteiger partial charge in [-0.3, -0.25) is 4.79 Å². The zero-order valence-electron chi connectivity index (χ0n) is 15.8. The molecule has 0 unspecified atom stereocenters. The van der Waals surface area contributed by atoms with Crippen LogP contribution in [0.3, 0.4) is 0 Å². The molecule has 0 saturated carbocycles. The predicted molar refractivity (Wildman–Crippen MR) is 110 cm³/mol. The highest BCUT2D eigenvalue weighted by molar-refractivity contribution is 7.89. The van der Waals surface area contributed by atoms with Crippen molar-refractivity contribution in [2.75, 3.05) is 19.4 Å². The van der Waals surface area contributed by atoms with Gasteiger partial charge in [0, 0.05) is 31.9 Å². The molecule has 146 valence electrons. The lowest BCUT2D eigenvalue weighted by molar-refractivity contribution is -0.116. The Balaban J connectivity index is 1.66. The van der Waals surface area contributed by atoms with E-state index in [1.165, 1.54) is 20.2 Å². The summed E-state index contributed by atoms with van der Waals surface area (Å²) in [4.78, 5) is 15.8. The third-order valence-corrected chi connectivity index (χ3v) is 6.25. The van der Waals surface area contributed by atoms with Crippen LogP contribution < -0.4 is 5.32 Å². The van der Waals surface area contributed by atoms with Crippen molar-refractivity contribution in [3.05, 3.63) is 72.4 Å². The van der Waals surface area contributed by atoms with Crippen LogP contribution in [0.15, 0.2) is 71.6 Å². The monoisotopic (exact) mass is 397 g/mol. The van der Waals surface area contributed by atoms with Gasteiger partial charge in [0.1, 0.15) is 4.90 Å². The van der Waals surface area contributed by atoms with Gasteiger partial charge in [-0.15, -0.1) is 0 Å². The summed E-state index contributed by atoms with van der Waals surface area (Å²) in [6.45, 7) is 0. The number of H-pyrrole nitrogens is 1. The average Bonchev–Trinajstić information content (AvgIpc) is 3.16. The van der Waals surface area contributed by atoms with Crippen LogP contribution in [0.25, 0.3) is 11.3 Å². The highest BCUT2D eigenvalue weighted by Crippen LogP contribution is 2.23. The largest absolute Gasteiger partial charge is 0.358 e. The molecule has 0 aliphatic carbocycles.